The molecule has 0 spiro atoms. The van der Waals surface area contributed by atoms with Gasteiger partial charge in [0.2, 0.25) is 0 Å². The molecule has 0 amide bonds. The Kier molecular flexibility index (Phi) is 4.23. The molecular formula is C13H16O3. The number of hydrogen-bond acceptors (Lipinski definition) is 3. The van der Waals surface area contributed by atoms with Gasteiger partial charge >= 0.3 is 5.97 Å². The minimum absolute atomic E-state index is 0.172. The topological polar surface area (TPSA) is 43.4 Å². The number of benzene rings is 1. The molecule has 0 bridgehead atoms. The molecule has 0 saturated carbocycles. The van der Waals surface area contributed by atoms with Crippen molar-refractivity contribution in [3.8, 4) is 0 Å². The Hall–Kier alpha value is -1.64. The molecule has 3 nitrogen and oxygen atoms in total. The van der Waals surface area contributed by atoms with Crippen molar-refractivity contribution in [2.45, 2.75) is 20.3 Å². The third-order valence-electron chi connectivity index (χ3n) is 2.55. The van der Waals surface area contributed by atoms with Gasteiger partial charge in [-0.2, -0.15) is 0 Å². The zero-order valence-corrected chi connectivity index (χ0v) is 9.82. The smallest absolute Gasteiger partial charge is 0.316 e. The Morgan fingerprint density at radius 3 is 2.25 bits per heavy atom. The fourth-order valence-electron chi connectivity index (χ4n) is 1.52. The number of methoxy groups -OCH3 is 1. The summed E-state index contributed by atoms with van der Waals surface area (Å²) in [6.07, 6.45) is 0.458. The Labute approximate surface area is 95.4 Å². The maximum atomic E-state index is 12.0. The van der Waals surface area contributed by atoms with Crippen LogP contribution in [0.3, 0.4) is 0 Å². The van der Waals surface area contributed by atoms with E-state index in [0.29, 0.717) is 12.0 Å². The van der Waals surface area contributed by atoms with Crippen molar-refractivity contribution in [1.29, 1.82) is 0 Å². The summed E-state index contributed by atoms with van der Waals surface area (Å²) in [5.41, 5.74) is 1.64. The SMILES string of the molecule is CCC(C(=O)OC)C(=O)c1ccc(C)cc1. The molecular weight excluding hydrogens is 204 g/mol. The van der Waals surface area contributed by atoms with E-state index in [1.807, 2.05) is 19.1 Å². The molecule has 1 rings (SSSR count). The summed E-state index contributed by atoms with van der Waals surface area (Å²) < 4.78 is 4.61. The van der Waals surface area contributed by atoms with Gasteiger partial charge in [-0.25, -0.2) is 0 Å². The first kappa shape index (κ1) is 12.4. The summed E-state index contributed by atoms with van der Waals surface area (Å²) in [5, 5.41) is 0. The van der Waals surface area contributed by atoms with Crippen LogP contribution >= 0.6 is 0 Å². The van der Waals surface area contributed by atoms with E-state index < -0.39 is 11.9 Å². The highest BCUT2D eigenvalue weighted by atomic mass is 16.5. The Balaban J connectivity index is 2.91. The molecule has 1 unspecified atom stereocenters. The number of aryl methyl sites for hydroxylation is 1. The summed E-state index contributed by atoms with van der Waals surface area (Å²) in [6.45, 7) is 3.75. The van der Waals surface area contributed by atoms with Crippen LogP contribution in [0.2, 0.25) is 0 Å². The van der Waals surface area contributed by atoms with Crippen molar-refractivity contribution in [2.75, 3.05) is 7.11 Å². The molecule has 0 aromatic heterocycles. The zero-order chi connectivity index (χ0) is 12.1. The molecule has 16 heavy (non-hydrogen) atoms. The monoisotopic (exact) mass is 220 g/mol. The van der Waals surface area contributed by atoms with Gasteiger partial charge < -0.3 is 4.74 Å². The van der Waals surface area contributed by atoms with Gasteiger partial charge in [0, 0.05) is 5.56 Å². The van der Waals surface area contributed by atoms with Gasteiger partial charge in [-0.05, 0) is 13.3 Å². The Morgan fingerprint density at radius 1 is 1.25 bits per heavy atom. The number of Topliss-reactive ketones (excluding diaryl/α,β-unsaturated/α-hetero) is 1. The molecule has 1 aromatic rings. The van der Waals surface area contributed by atoms with Crippen molar-refractivity contribution in [3.63, 3.8) is 0 Å². The van der Waals surface area contributed by atoms with Gasteiger partial charge in [0.1, 0.15) is 5.92 Å². The second-order valence-electron chi connectivity index (χ2n) is 3.71. The molecule has 86 valence electrons. The summed E-state index contributed by atoms with van der Waals surface area (Å²) in [5.74, 6) is -1.32. The van der Waals surface area contributed by atoms with Crippen LogP contribution < -0.4 is 0 Å². The lowest BCUT2D eigenvalue weighted by atomic mass is 9.95. The summed E-state index contributed by atoms with van der Waals surface area (Å²) in [7, 11) is 1.30. The minimum Gasteiger partial charge on any atom is -0.468 e. The number of rotatable bonds is 4. The molecule has 1 atom stereocenters. The highest BCUT2D eigenvalue weighted by Crippen LogP contribution is 2.14. The molecule has 0 aliphatic carbocycles. The molecule has 3 heteroatoms. The van der Waals surface area contributed by atoms with E-state index in [1.165, 1.54) is 7.11 Å². The van der Waals surface area contributed by atoms with Crippen molar-refractivity contribution >= 4 is 11.8 Å². The van der Waals surface area contributed by atoms with Crippen LogP contribution in [0, 0.1) is 12.8 Å². The molecule has 0 radical (unpaired) electrons. The van der Waals surface area contributed by atoms with Crippen molar-refractivity contribution in [3.05, 3.63) is 35.4 Å². The number of ether oxygens (including phenoxy) is 1. The largest absolute Gasteiger partial charge is 0.468 e. The van der Waals surface area contributed by atoms with Gasteiger partial charge in [0.15, 0.2) is 5.78 Å². The molecule has 0 saturated heterocycles. The Bertz CT molecular complexity index is 379. The summed E-state index contributed by atoms with van der Waals surface area (Å²) >= 11 is 0. The van der Waals surface area contributed by atoms with Gasteiger partial charge in [0.05, 0.1) is 7.11 Å². The average Bonchev–Trinajstić information content (AvgIpc) is 2.30. The maximum absolute atomic E-state index is 12.0. The van der Waals surface area contributed by atoms with Gasteiger partial charge in [-0.1, -0.05) is 36.8 Å². The second-order valence-corrected chi connectivity index (χ2v) is 3.71. The predicted molar refractivity (Wildman–Crippen MR) is 61.3 cm³/mol. The van der Waals surface area contributed by atoms with Crippen molar-refractivity contribution < 1.29 is 14.3 Å². The first-order valence-electron chi connectivity index (χ1n) is 5.28. The highest BCUT2D eigenvalue weighted by Gasteiger charge is 2.26. The second kappa shape index (κ2) is 5.45. The lowest BCUT2D eigenvalue weighted by Gasteiger charge is -2.11. The van der Waals surface area contributed by atoms with Crippen LogP contribution in [0.25, 0.3) is 0 Å². The van der Waals surface area contributed by atoms with Crippen LogP contribution in [-0.2, 0) is 9.53 Å². The fourth-order valence-corrected chi connectivity index (χ4v) is 1.52. The van der Waals surface area contributed by atoms with Crippen LogP contribution in [0.1, 0.15) is 29.3 Å². The number of hydrogen-bond donors (Lipinski definition) is 0. The normalized spacial score (nSPS) is 11.9. The molecule has 0 fully saturated rings. The van der Waals surface area contributed by atoms with E-state index in [4.69, 9.17) is 0 Å². The molecule has 0 heterocycles. The van der Waals surface area contributed by atoms with E-state index in [1.54, 1.807) is 19.1 Å². The third kappa shape index (κ3) is 2.69. The van der Waals surface area contributed by atoms with E-state index in [2.05, 4.69) is 4.74 Å². The molecule has 0 N–H and O–H groups in total. The van der Waals surface area contributed by atoms with Crippen LogP contribution in [0.5, 0.6) is 0 Å². The van der Waals surface area contributed by atoms with Gasteiger partial charge in [-0.3, -0.25) is 9.59 Å². The lowest BCUT2D eigenvalue weighted by molar-refractivity contribution is -0.143. The summed E-state index contributed by atoms with van der Waals surface area (Å²) in [6, 6.07) is 7.20. The van der Waals surface area contributed by atoms with E-state index >= 15 is 0 Å². The minimum atomic E-state index is -0.687. The fraction of sp³-hybridized carbons (Fsp3) is 0.385. The number of carbonyl (C=O) groups is 2. The molecule has 0 aliphatic rings. The number of carbonyl (C=O) groups excluding carboxylic acids is 2. The number of ketones is 1. The quantitative estimate of drug-likeness (QED) is 0.444. The standard InChI is InChI=1S/C13H16O3/c1-4-11(13(15)16-3)12(14)10-7-5-9(2)6-8-10/h5-8,11H,4H2,1-3H3. The van der Waals surface area contributed by atoms with Crippen molar-refractivity contribution in [1.82, 2.24) is 0 Å². The lowest BCUT2D eigenvalue weighted by Crippen LogP contribution is -2.24. The first-order valence-corrected chi connectivity index (χ1v) is 5.28. The first-order chi connectivity index (χ1) is 7.60. The van der Waals surface area contributed by atoms with E-state index in [0.717, 1.165) is 5.56 Å². The van der Waals surface area contributed by atoms with Crippen molar-refractivity contribution in [2.24, 2.45) is 5.92 Å². The maximum Gasteiger partial charge on any atom is 0.316 e. The summed E-state index contributed by atoms with van der Waals surface area (Å²) in [4.78, 5) is 23.4. The predicted octanol–water partition coefficient (Wildman–Crippen LogP) is 2.38. The number of esters is 1. The highest BCUT2D eigenvalue weighted by molar-refractivity contribution is 6.08. The third-order valence-corrected chi connectivity index (χ3v) is 2.55. The van der Waals surface area contributed by atoms with Crippen LogP contribution in [0.15, 0.2) is 24.3 Å². The van der Waals surface area contributed by atoms with Crippen LogP contribution in [-0.4, -0.2) is 18.9 Å². The zero-order valence-electron chi connectivity index (χ0n) is 9.82. The Morgan fingerprint density at radius 2 is 1.81 bits per heavy atom. The molecule has 1 aromatic carbocycles. The van der Waals surface area contributed by atoms with E-state index in [-0.39, 0.29) is 5.78 Å². The molecule has 0 aliphatic heterocycles. The van der Waals surface area contributed by atoms with Gasteiger partial charge in [0.25, 0.3) is 0 Å². The average molecular weight is 220 g/mol. The van der Waals surface area contributed by atoms with Crippen LogP contribution in [0.4, 0.5) is 0 Å². The van der Waals surface area contributed by atoms with Gasteiger partial charge in [-0.15, -0.1) is 0 Å². The van der Waals surface area contributed by atoms with E-state index in [9.17, 15) is 9.59 Å².